The van der Waals surface area contributed by atoms with Gasteiger partial charge < -0.3 is 10.5 Å². The van der Waals surface area contributed by atoms with Crippen molar-refractivity contribution in [1.29, 1.82) is 0 Å². The lowest BCUT2D eigenvalue weighted by Gasteiger charge is -2.18. The van der Waals surface area contributed by atoms with Gasteiger partial charge in [0, 0.05) is 5.56 Å². The van der Waals surface area contributed by atoms with Crippen molar-refractivity contribution in [1.82, 2.24) is 0 Å². The highest BCUT2D eigenvalue weighted by molar-refractivity contribution is 5.46. The second-order valence-electron chi connectivity index (χ2n) is 4.31. The molecule has 0 aromatic heterocycles. The zero-order valence-corrected chi connectivity index (χ0v) is 10.9. The Morgan fingerprint density at radius 1 is 1.06 bits per heavy atom. The van der Waals surface area contributed by atoms with Crippen LogP contribution in [-0.4, -0.2) is 6.61 Å². The zero-order chi connectivity index (χ0) is 13.0. The van der Waals surface area contributed by atoms with Crippen LogP contribution >= 0.6 is 0 Å². The molecule has 0 saturated heterocycles. The third kappa shape index (κ3) is 2.54. The number of para-hydroxylation sites is 1. The fourth-order valence-corrected chi connectivity index (χ4v) is 2.10. The largest absolute Gasteiger partial charge is 0.493 e. The van der Waals surface area contributed by atoms with Gasteiger partial charge in [-0.15, -0.1) is 0 Å². The Balaban J connectivity index is 2.41. The van der Waals surface area contributed by atoms with Crippen molar-refractivity contribution >= 4 is 0 Å². The Labute approximate surface area is 108 Å². The minimum atomic E-state index is -0.146. The van der Waals surface area contributed by atoms with Gasteiger partial charge in [0.1, 0.15) is 5.75 Å². The summed E-state index contributed by atoms with van der Waals surface area (Å²) in [4.78, 5) is 0. The van der Waals surface area contributed by atoms with Crippen LogP contribution in [0, 0.1) is 6.92 Å². The van der Waals surface area contributed by atoms with Gasteiger partial charge in [0.25, 0.3) is 0 Å². The molecule has 0 amide bonds. The molecule has 0 bridgehead atoms. The summed E-state index contributed by atoms with van der Waals surface area (Å²) in [7, 11) is 0. The first kappa shape index (κ1) is 12.7. The van der Waals surface area contributed by atoms with Crippen molar-refractivity contribution in [2.45, 2.75) is 19.9 Å². The number of aryl methyl sites for hydroxylation is 1. The maximum atomic E-state index is 6.34. The van der Waals surface area contributed by atoms with Crippen LogP contribution in [0.2, 0.25) is 0 Å². The van der Waals surface area contributed by atoms with Crippen molar-refractivity contribution in [3.8, 4) is 5.75 Å². The Kier molecular flexibility index (Phi) is 4.00. The first-order valence-corrected chi connectivity index (χ1v) is 6.27. The number of hydrogen-bond donors (Lipinski definition) is 1. The van der Waals surface area contributed by atoms with Gasteiger partial charge in [-0.1, -0.05) is 48.5 Å². The van der Waals surface area contributed by atoms with Gasteiger partial charge in [0.15, 0.2) is 0 Å². The van der Waals surface area contributed by atoms with Gasteiger partial charge in [0.05, 0.1) is 12.6 Å². The molecule has 1 unspecified atom stereocenters. The molecule has 2 N–H and O–H groups in total. The van der Waals surface area contributed by atoms with Crippen molar-refractivity contribution in [2.75, 3.05) is 6.61 Å². The minimum absolute atomic E-state index is 0.146. The van der Waals surface area contributed by atoms with Crippen molar-refractivity contribution in [3.63, 3.8) is 0 Å². The lowest BCUT2D eigenvalue weighted by molar-refractivity contribution is 0.333. The lowest BCUT2D eigenvalue weighted by atomic mass is 9.97. The van der Waals surface area contributed by atoms with E-state index < -0.39 is 0 Å². The average molecular weight is 241 g/mol. The molecule has 2 aromatic carbocycles. The molecular formula is C16H19NO. The van der Waals surface area contributed by atoms with Gasteiger partial charge in [-0.05, 0) is 25.0 Å². The molecule has 2 nitrogen and oxygen atoms in total. The predicted octanol–water partition coefficient (Wildman–Crippen LogP) is 3.44. The maximum absolute atomic E-state index is 6.34. The van der Waals surface area contributed by atoms with Crippen LogP contribution in [0.4, 0.5) is 0 Å². The first-order chi connectivity index (χ1) is 8.74. The van der Waals surface area contributed by atoms with Crippen LogP contribution in [0.15, 0.2) is 48.5 Å². The van der Waals surface area contributed by atoms with E-state index in [0.717, 1.165) is 22.4 Å². The molecule has 2 heteroatoms. The zero-order valence-electron chi connectivity index (χ0n) is 10.9. The van der Waals surface area contributed by atoms with Gasteiger partial charge in [-0.3, -0.25) is 0 Å². The first-order valence-electron chi connectivity index (χ1n) is 6.27. The third-order valence-electron chi connectivity index (χ3n) is 3.02. The van der Waals surface area contributed by atoms with E-state index in [4.69, 9.17) is 10.5 Å². The van der Waals surface area contributed by atoms with Crippen LogP contribution in [-0.2, 0) is 0 Å². The predicted molar refractivity (Wildman–Crippen MR) is 74.8 cm³/mol. The van der Waals surface area contributed by atoms with Crippen LogP contribution in [0.25, 0.3) is 0 Å². The smallest absolute Gasteiger partial charge is 0.127 e. The molecule has 1 atom stereocenters. The summed E-state index contributed by atoms with van der Waals surface area (Å²) >= 11 is 0. The molecule has 18 heavy (non-hydrogen) atoms. The summed E-state index contributed by atoms with van der Waals surface area (Å²) in [5.74, 6) is 0.913. The molecule has 94 valence electrons. The molecule has 0 aliphatic carbocycles. The van der Waals surface area contributed by atoms with Gasteiger partial charge >= 0.3 is 0 Å². The van der Waals surface area contributed by atoms with E-state index >= 15 is 0 Å². The average Bonchev–Trinajstić information content (AvgIpc) is 2.41. The van der Waals surface area contributed by atoms with E-state index in [1.54, 1.807) is 0 Å². The van der Waals surface area contributed by atoms with E-state index in [1.807, 2.05) is 62.4 Å². The Hall–Kier alpha value is -1.80. The summed E-state index contributed by atoms with van der Waals surface area (Å²) < 4.78 is 5.73. The number of nitrogens with two attached hydrogens (primary N) is 1. The number of ether oxygens (including phenoxy) is 1. The van der Waals surface area contributed by atoms with Crippen LogP contribution in [0.5, 0.6) is 5.75 Å². The van der Waals surface area contributed by atoms with E-state index in [9.17, 15) is 0 Å². The van der Waals surface area contributed by atoms with E-state index in [0.29, 0.717) is 6.61 Å². The SMILES string of the molecule is CCOc1c(C)cccc1C(N)c1ccccc1. The monoisotopic (exact) mass is 241 g/mol. The van der Waals surface area contributed by atoms with Crippen molar-refractivity contribution in [3.05, 3.63) is 65.2 Å². The quantitative estimate of drug-likeness (QED) is 0.890. The highest BCUT2D eigenvalue weighted by Gasteiger charge is 2.15. The molecular weight excluding hydrogens is 222 g/mol. The fraction of sp³-hybridized carbons (Fsp3) is 0.250. The number of benzene rings is 2. The lowest BCUT2D eigenvalue weighted by Crippen LogP contribution is -2.14. The third-order valence-corrected chi connectivity index (χ3v) is 3.02. The number of rotatable bonds is 4. The minimum Gasteiger partial charge on any atom is -0.493 e. The van der Waals surface area contributed by atoms with E-state index in [2.05, 4.69) is 0 Å². The number of hydrogen-bond acceptors (Lipinski definition) is 2. The summed E-state index contributed by atoms with van der Waals surface area (Å²) in [6.07, 6.45) is 0. The van der Waals surface area contributed by atoms with Crippen molar-refractivity contribution in [2.24, 2.45) is 5.73 Å². The van der Waals surface area contributed by atoms with Crippen LogP contribution in [0.3, 0.4) is 0 Å². The summed E-state index contributed by atoms with van der Waals surface area (Å²) in [6, 6.07) is 16.1. The summed E-state index contributed by atoms with van der Waals surface area (Å²) in [6.45, 7) is 4.69. The molecule has 0 spiro atoms. The standard InChI is InChI=1S/C16H19NO/c1-3-18-16-12(2)8-7-11-14(16)15(17)13-9-5-4-6-10-13/h4-11,15H,3,17H2,1-2H3. The Morgan fingerprint density at radius 3 is 2.44 bits per heavy atom. The Bertz CT molecular complexity index is 508. The highest BCUT2D eigenvalue weighted by Crippen LogP contribution is 2.31. The maximum Gasteiger partial charge on any atom is 0.127 e. The van der Waals surface area contributed by atoms with Crippen molar-refractivity contribution < 1.29 is 4.74 Å². The molecule has 2 aromatic rings. The molecule has 0 saturated carbocycles. The van der Waals surface area contributed by atoms with Gasteiger partial charge in [-0.2, -0.15) is 0 Å². The van der Waals surface area contributed by atoms with Gasteiger partial charge in [-0.25, -0.2) is 0 Å². The normalized spacial score (nSPS) is 12.2. The topological polar surface area (TPSA) is 35.2 Å². The Morgan fingerprint density at radius 2 is 1.78 bits per heavy atom. The molecule has 0 radical (unpaired) electrons. The second-order valence-corrected chi connectivity index (χ2v) is 4.31. The molecule has 0 aliphatic rings. The van der Waals surface area contributed by atoms with E-state index in [-0.39, 0.29) is 6.04 Å². The van der Waals surface area contributed by atoms with E-state index in [1.165, 1.54) is 0 Å². The van der Waals surface area contributed by atoms with Crippen LogP contribution in [0.1, 0.15) is 29.7 Å². The fourth-order valence-electron chi connectivity index (χ4n) is 2.10. The van der Waals surface area contributed by atoms with Crippen LogP contribution < -0.4 is 10.5 Å². The summed E-state index contributed by atoms with van der Waals surface area (Å²) in [5, 5.41) is 0. The summed E-state index contributed by atoms with van der Waals surface area (Å²) in [5.41, 5.74) is 9.61. The molecule has 0 aliphatic heterocycles. The van der Waals surface area contributed by atoms with Gasteiger partial charge in [0.2, 0.25) is 0 Å². The molecule has 0 fully saturated rings. The molecule has 0 heterocycles. The molecule has 2 rings (SSSR count). The second kappa shape index (κ2) is 5.69. The highest BCUT2D eigenvalue weighted by atomic mass is 16.5.